The number of ether oxygens (including phenoxy) is 1. The van der Waals surface area contributed by atoms with Crippen molar-refractivity contribution in [3.8, 4) is 17.6 Å². The van der Waals surface area contributed by atoms with E-state index in [0.717, 1.165) is 6.07 Å². The zero-order valence-corrected chi connectivity index (χ0v) is 10.5. The molecular formula is C13H9FN4O3. The van der Waals surface area contributed by atoms with Crippen molar-refractivity contribution in [3.05, 3.63) is 57.9 Å². The Morgan fingerprint density at radius 2 is 1.95 bits per heavy atom. The number of halogens is 1. The van der Waals surface area contributed by atoms with Crippen LogP contribution in [0, 0.1) is 27.3 Å². The number of nitrogen functional groups attached to an aromatic ring is 1. The molecule has 0 saturated heterocycles. The predicted octanol–water partition coefficient (Wildman–Crippen LogP) is 2.68. The number of para-hydroxylation sites is 1. The first-order valence-electron chi connectivity index (χ1n) is 5.69. The molecule has 0 saturated carbocycles. The fourth-order valence-electron chi connectivity index (χ4n) is 1.73. The molecule has 106 valence electrons. The predicted molar refractivity (Wildman–Crippen MR) is 72.1 cm³/mol. The lowest BCUT2D eigenvalue weighted by Gasteiger charge is -2.10. The van der Waals surface area contributed by atoms with Crippen LogP contribution in [0.15, 0.2) is 36.4 Å². The zero-order valence-electron chi connectivity index (χ0n) is 10.5. The van der Waals surface area contributed by atoms with Crippen LogP contribution in [-0.2, 0) is 0 Å². The van der Waals surface area contributed by atoms with Crippen molar-refractivity contribution < 1.29 is 14.1 Å². The minimum Gasteiger partial charge on any atom is -0.449 e. The second-order valence-corrected chi connectivity index (χ2v) is 3.88. The van der Waals surface area contributed by atoms with Crippen molar-refractivity contribution in [2.45, 2.75) is 0 Å². The lowest BCUT2D eigenvalue weighted by atomic mass is 10.2. The monoisotopic (exact) mass is 288 g/mol. The summed E-state index contributed by atoms with van der Waals surface area (Å²) in [6.07, 6.45) is 0. The highest BCUT2D eigenvalue weighted by Crippen LogP contribution is 2.38. The Morgan fingerprint density at radius 1 is 1.29 bits per heavy atom. The van der Waals surface area contributed by atoms with E-state index >= 15 is 0 Å². The van der Waals surface area contributed by atoms with E-state index in [9.17, 15) is 14.5 Å². The summed E-state index contributed by atoms with van der Waals surface area (Å²) in [5.41, 5.74) is 1.47. The van der Waals surface area contributed by atoms with Crippen LogP contribution in [0.5, 0.6) is 11.5 Å². The number of benzene rings is 2. The molecular weight excluding hydrogens is 279 g/mol. The lowest BCUT2D eigenvalue weighted by Crippen LogP contribution is -2.09. The SMILES string of the molecule is N#Cc1c(F)cccc1Oc1cccc(NN)c1[N+](=O)[O-]. The first kappa shape index (κ1) is 14.2. The summed E-state index contributed by atoms with van der Waals surface area (Å²) in [4.78, 5) is 10.4. The quantitative estimate of drug-likeness (QED) is 0.508. The summed E-state index contributed by atoms with van der Waals surface area (Å²) >= 11 is 0. The molecule has 0 spiro atoms. The van der Waals surface area contributed by atoms with Crippen LogP contribution in [0.25, 0.3) is 0 Å². The number of rotatable bonds is 4. The molecule has 2 rings (SSSR count). The molecule has 8 heteroatoms. The molecule has 0 heterocycles. The minimum atomic E-state index is -0.772. The number of nitrogens with two attached hydrogens (primary N) is 1. The summed E-state index contributed by atoms with van der Waals surface area (Å²) < 4.78 is 18.8. The standard InChI is InChI=1S/C13H9FN4O3/c14-9-3-1-5-11(8(9)7-15)21-12-6-2-4-10(17-16)13(12)18(19)20/h1-6,17H,16H2. The van der Waals surface area contributed by atoms with Crippen molar-refractivity contribution in [1.82, 2.24) is 0 Å². The second-order valence-electron chi connectivity index (χ2n) is 3.88. The molecule has 0 fully saturated rings. The molecule has 2 aromatic carbocycles. The number of nitro benzene ring substituents is 1. The average Bonchev–Trinajstić information content (AvgIpc) is 2.47. The fourth-order valence-corrected chi connectivity index (χ4v) is 1.73. The highest BCUT2D eigenvalue weighted by Gasteiger charge is 2.22. The molecule has 21 heavy (non-hydrogen) atoms. The van der Waals surface area contributed by atoms with Gasteiger partial charge in [0, 0.05) is 0 Å². The number of anilines is 1. The molecule has 2 aromatic rings. The van der Waals surface area contributed by atoms with Crippen molar-refractivity contribution in [3.63, 3.8) is 0 Å². The Labute approximate surface area is 118 Å². The van der Waals surface area contributed by atoms with Crippen LogP contribution in [0.4, 0.5) is 15.8 Å². The van der Waals surface area contributed by atoms with E-state index in [2.05, 4.69) is 5.43 Å². The average molecular weight is 288 g/mol. The normalized spacial score (nSPS) is 9.76. The first-order valence-corrected chi connectivity index (χ1v) is 5.69. The number of hydrogen-bond donors (Lipinski definition) is 2. The van der Waals surface area contributed by atoms with Gasteiger partial charge in [0.2, 0.25) is 5.75 Å². The van der Waals surface area contributed by atoms with E-state index in [4.69, 9.17) is 15.8 Å². The third-order valence-electron chi connectivity index (χ3n) is 2.64. The van der Waals surface area contributed by atoms with Gasteiger partial charge in [-0.1, -0.05) is 12.1 Å². The van der Waals surface area contributed by atoms with Crippen molar-refractivity contribution in [2.75, 3.05) is 5.43 Å². The van der Waals surface area contributed by atoms with Crippen LogP contribution < -0.4 is 16.0 Å². The summed E-state index contributed by atoms with van der Waals surface area (Å²) in [6.45, 7) is 0. The molecule has 0 unspecified atom stereocenters. The Kier molecular flexibility index (Phi) is 3.97. The lowest BCUT2D eigenvalue weighted by molar-refractivity contribution is -0.384. The Hall–Kier alpha value is -3.18. The van der Waals surface area contributed by atoms with Gasteiger partial charge >= 0.3 is 5.69 Å². The summed E-state index contributed by atoms with van der Waals surface area (Å²) in [6, 6.07) is 9.61. The Morgan fingerprint density at radius 3 is 2.57 bits per heavy atom. The molecule has 0 radical (unpaired) electrons. The zero-order chi connectivity index (χ0) is 15.4. The van der Waals surface area contributed by atoms with E-state index < -0.39 is 16.4 Å². The van der Waals surface area contributed by atoms with Crippen molar-refractivity contribution >= 4 is 11.4 Å². The van der Waals surface area contributed by atoms with Gasteiger partial charge in [-0.05, 0) is 24.3 Å². The van der Waals surface area contributed by atoms with Crippen LogP contribution in [0.3, 0.4) is 0 Å². The van der Waals surface area contributed by atoms with Crippen LogP contribution in [-0.4, -0.2) is 4.92 Å². The largest absolute Gasteiger partial charge is 0.449 e. The van der Waals surface area contributed by atoms with Crippen molar-refractivity contribution in [1.29, 1.82) is 5.26 Å². The maximum Gasteiger partial charge on any atom is 0.335 e. The van der Waals surface area contributed by atoms with E-state index in [1.165, 1.54) is 30.3 Å². The number of hydrazine groups is 1. The van der Waals surface area contributed by atoms with Gasteiger partial charge in [-0.2, -0.15) is 5.26 Å². The molecule has 0 aliphatic carbocycles. The summed E-state index contributed by atoms with van der Waals surface area (Å²) in [7, 11) is 0. The van der Waals surface area contributed by atoms with Gasteiger partial charge in [0.1, 0.15) is 28.9 Å². The highest BCUT2D eigenvalue weighted by molar-refractivity contribution is 5.68. The maximum atomic E-state index is 13.5. The van der Waals surface area contributed by atoms with Crippen LogP contribution in [0.1, 0.15) is 5.56 Å². The first-order chi connectivity index (χ1) is 10.1. The highest BCUT2D eigenvalue weighted by atomic mass is 19.1. The fraction of sp³-hybridized carbons (Fsp3) is 0. The summed E-state index contributed by atoms with van der Waals surface area (Å²) in [5, 5.41) is 20.0. The smallest absolute Gasteiger partial charge is 0.335 e. The van der Waals surface area contributed by atoms with Gasteiger partial charge in [-0.15, -0.1) is 0 Å². The number of nitro groups is 1. The molecule has 0 bridgehead atoms. The maximum absolute atomic E-state index is 13.5. The number of nitrogens with zero attached hydrogens (tertiary/aromatic N) is 2. The number of nitriles is 1. The third-order valence-corrected chi connectivity index (χ3v) is 2.64. The van der Waals surface area contributed by atoms with Gasteiger partial charge in [0.15, 0.2) is 0 Å². The molecule has 3 N–H and O–H groups in total. The molecule has 0 aliphatic heterocycles. The van der Waals surface area contributed by atoms with Gasteiger partial charge in [0.25, 0.3) is 0 Å². The van der Waals surface area contributed by atoms with Crippen LogP contribution in [0.2, 0.25) is 0 Å². The molecule has 7 nitrogen and oxygen atoms in total. The number of hydrogen-bond acceptors (Lipinski definition) is 6. The minimum absolute atomic E-state index is 0.0346. The van der Waals surface area contributed by atoms with E-state index in [1.807, 2.05) is 0 Å². The second kappa shape index (κ2) is 5.85. The van der Waals surface area contributed by atoms with E-state index in [0.29, 0.717) is 0 Å². The topological polar surface area (TPSA) is 114 Å². The molecule has 0 aliphatic rings. The van der Waals surface area contributed by atoms with Gasteiger partial charge in [0.05, 0.1) is 4.92 Å². The number of nitrogens with one attached hydrogen (secondary N) is 1. The Balaban J connectivity index is 2.53. The molecule has 0 aromatic heterocycles. The van der Waals surface area contributed by atoms with Crippen LogP contribution >= 0.6 is 0 Å². The third kappa shape index (κ3) is 2.72. The van der Waals surface area contributed by atoms with E-state index in [1.54, 1.807) is 6.07 Å². The summed E-state index contributed by atoms with van der Waals surface area (Å²) in [5.74, 6) is 4.17. The Bertz CT molecular complexity index is 743. The van der Waals surface area contributed by atoms with Gasteiger partial charge in [-0.3, -0.25) is 16.0 Å². The van der Waals surface area contributed by atoms with Gasteiger partial charge < -0.3 is 10.2 Å². The van der Waals surface area contributed by atoms with Gasteiger partial charge in [-0.25, -0.2) is 4.39 Å². The molecule has 0 amide bonds. The van der Waals surface area contributed by atoms with Crippen molar-refractivity contribution in [2.24, 2.45) is 5.84 Å². The molecule has 0 atom stereocenters. The van der Waals surface area contributed by atoms with E-state index in [-0.39, 0.29) is 22.7 Å².